The second-order valence-corrected chi connectivity index (χ2v) is 11.0. The van der Waals surface area contributed by atoms with E-state index in [1.807, 2.05) is 0 Å². The SMILES string of the molecule is CCCCCCCCCCOP(=O)(O)OCCCCCCCCCC.N=C(N)NCCCC(N)C(=O)O. The van der Waals surface area contributed by atoms with Crippen LogP contribution in [0.2, 0.25) is 0 Å². The minimum atomic E-state index is -3.83. The molecule has 0 aliphatic heterocycles. The molecule has 8 N–H and O–H groups in total. The lowest BCUT2D eigenvalue weighted by atomic mass is 10.1. The molecule has 1 unspecified atom stereocenters. The molecule has 0 radical (unpaired) electrons. The van der Waals surface area contributed by atoms with Crippen LogP contribution in [0.5, 0.6) is 0 Å². The zero-order chi connectivity index (χ0) is 28.2. The quantitative estimate of drug-likeness (QED) is 0.0339. The molecule has 0 aromatic carbocycles. The van der Waals surface area contributed by atoms with Crippen molar-refractivity contribution in [1.82, 2.24) is 5.32 Å². The highest BCUT2D eigenvalue weighted by atomic mass is 31.2. The van der Waals surface area contributed by atoms with E-state index < -0.39 is 19.8 Å². The van der Waals surface area contributed by atoms with E-state index in [4.69, 9.17) is 31.0 Å². The Labute approximate surface area is 225 Å². The molecule has 0 bridgehead atoms. The van der Waals surface area contributed by atoms with Gasteiger partial charge < -0.3 is 26.8 Å². The van der Waals surface area contributed by atoms with Crippen molar-refractivity contribution in [3.05, 3.63) is 0 Å². The van der Waals surface area contributed by atoms with E-state index in [0.29, 0.717) is 32.6 Å². The summed E-state index contributed by atoms with van der Waals surface area (Å²) in [5.41, 5.74) is 10.2. The normalized spacial score (nSPS) is 12.0. The summed E-state index contributed by atoms with van der Waals surface area (Å²) in [6.45, 7) is 5.57. The summed E-state index contributed by atoms with van der Waals surface area (Å²) in [4.78, 5) is 19.8. The summed E-state index contributed by atoms with van der Waals surface area (Å²) in [5, 5.41) is 17.7. The number of phosphoric acid groups is 1. The number of carbonyl (C=O) groups is 1. The van der Waals surface area contributed by atoms with Crippen molar-refractivity contribution in [1.29, 1.82) is 5.41 Å². The first-order chi connectivity index (χ1) is 17.7. The Bertz CT molecular complexity index is 557. The van der Waals surface area contributed by atoms with Crippen molar-refractivity contribution in [2.45, 2.75) is 135 Å². The molecule has 0 spiro atoms. The molecule has 0 aliphatic rings. The van der Waals surface area contributed by atoms with Gasteiger partial charge in [-0.3, -0.25) is 19.3 Å². The van der Waals surface area contributed by atoms with Gasteiger partial charge in [0, 0.05) is 6.54 Å². The molecule has 0 aromatic rings. The average Bonchev–Trinajstić information content (AvgIpc) is 2.84. The van der Waals surface area contributed by atoms with E-state index >= 15 is 0 Å². The third kappa shape index (κ3) is 32.8. The van der Waals surface area contributed by atoms with Crippen LogP contribution in [0.15, 0.2) is 0 Å². The van der Waals surface area contributed by atoms with Crippen molar-refractivity contribution >= 4 is 19.8 Å². The minimum Gasteiger partial charge on any atom is -0.480 e. The maximum absolute atomic E-state index is 11.7. The summed E-state index contributed by atoms with van der Waals surface area (Å²) >= 11 is 0. The monoisotopic (exact) mass is 552 g/mol. The number of hydrogen-bond acceptors (Lipinski definition) is 6. The number of carboxylic acid groups (broad SMARTS) is 1. The zero-order valence-electron chi connectivity index (χ0n) is 23.6. The van der Waals surface area contributed by atoms with Crippen molar-refractivity contribution in [2.24, 2.45) is 11.5 Å². The number of nitrogens with two attached hydrogens (primary N) is 2. The Kier molecular flexibility index (Phi) is 28.6. The fourth-order valence-electron chi connectivity index (χ4n) is 3.54. The first kappa shape index (κ1) is 38.0. The van der Waals surface area contributed by atoms with Gasteiger partial charge in [0.25, 0.3) is 0 Å². The standard InChI is InChI=1S/C20H43O4P.C6H14N4O2/c1-3-5-7-9-11-13-15-17-19-23-25(21,22)24-20-18-16-14-12-10-8-6-4-2;7-4(5(11)12)2-1-3-10-6(8)9/h3-20H2,1-2H3,(H,21,22);4H,1-3,7H2,(H,11,12)(H4,8,9,10). The molecule has 222 valence electrons. The Hall–Kier alpha value is -1.19. The Morgan fingerprint density at radius 3 is 1.54 bits per heavy atom. The molecule has 0 amide bonds. The first-order valence-electron chi connectivity index (χ1n) is 14.3. The number of aliphatic carboxylic acids is 1. The van der Waals surface area contributed by atoms with Crippen LogP contribution in [0, 0.1) is 5.41 Å². The molecule has 0 saturated carbocycles. The second kappa shape index (κ2) is 27.8. The zero-order valence-corrected chi connectivity index (χ0v) is 24.5. The van der Waals surface area contributed by atoms with Gasteiger partial charge in [0.2, 0.25) is 0 Å². The lowest BCUT2D eigenvalue weighted by molar-refractivity contribution is -0.138. The Balaban J connectivity index is 0. The smallest absolute Gasteiger partial charge is 0.472 e. The molecule has 1 atom stereocenters. The molecule has 11 heteroatoms. The van der Waals surface area contributed by atoms with Crippen LogP contribution >= 0.6 is 7.82 Å². The predicted molar refractivity (Wildman–Crippen MR) is 152 cm³/mol. The van der Waals surface area contributed by atoms with Gasteiger partial charge in [0.05, 0.1) is 13.2 Å². The fraction of sp³-hybridized carbons (Fsp3) is 0.923. The van der Waals surface area contributed by atoms with Crippen LogP contribution in [0.3, 0.4) is 0 Å². The van der Waals surface area contributed by atoms with Crippen molar-refractivity contribution < 1.29 is 28.4 Å². The van der Waals surface area contributed by atoms with Gasteiger partial charge in [-0.15, -0.1) is 0 Å². The van der Waals surface area contributed by atoms with E-state index in [-0.39, 0.29) is 5.96 Å². The molecule has 0 heterocycles. The summed E-state index contributed by atoms with van der Waals surface area (Å²) in [7, 11) is -3.83. The van der Waals surface area contributed by atoms with E-state index in [0.717, 1.165) is 25.7 Å². The molecule has 37 heavy (non-hydrogen) atoms. The van der Waals surface area contributed by atoms with E-state index in [1.54, 1.807) is 0 Å². The van der Waals surface area contributed by atoms with Gasteiger partial charge in [-0.25, -0.2) is 4.57 Å². The summed E-state index contributed by atoms with van der Waals surface area (Å²) in [6.07, 6.45) is 20.1. The van der Waals surface area contributed by atoms with Gasteiger partial charge in [-0.1, -0.05) is 104 Å². The third-order valence-electron chi connectivity index (χ3n) is 5.83. The molecule has 0 rings (SSSR count). The molecule has 10 nitrogen and oxygen atoms in total. The minimum absolute atomic E-state index is 0.112. The van der Waals surface area contributed by atoms with Crippen LogP contribution in [-0.4, -0.2) is 47.7 Å². The van der Waals surface area contributed by atoms with Gasteiger partial charge >= 0.3 is 13.8 Å². The molecule has 0 saturated heterocycles. The number of hydrogen-bond donors (Lipinski definition) is 6. The van der Waals surface area contributed by atoms with Gasteiger partial charge in [-0.2, -0.15) is 0 Å². The summed E-state index contributed by atoms with van der Waals surface area (Å²) in [6, 6.07) is -0.821. The van der Waals surface area contributed by atoms with Crippen molar-refractivity contribution in [2.75, 3.05) is 19.8 Å². The van der Waals surface area contributed by atoms with Crippen molar-refractivity contribution in [3.8, 4) is 0 Å². The molecule has 0 aromatic heterocycles. The number of carboxylic acids is 1. The Morgan fingerprint density at radius 2 is 1.19 bits per heavy atom. The van der Waals surface area contributed by atoms with E-state index in [2.05, 4.69) is 19.2 Å². The predicted octanol–water partition coefficient (Wildman–Crippen LogP) is 6.06. The highest BCUT2D eigenvalue weighted by molar-refractivity contribution is 7.47. The summed E-state index contributed by atoms with van der Waals surface area (Å²) in [5.74, 6) is -1.11. The highest BCUT2D eigenvalue weighted by Gasteiger charge is 2.19. The molecule has 0 aliphatic carbocycles. The van der Waals surface area contributed by atoms with Gasteiger partial charge in [0.15, 0.2) is 5.96 Å². The lowest BCUT2D eigenvalue weighted by Crippen LogP contribution is -2.34. The maximum atomic E-state index is 11.7. The number of unbranched alkanes of at least 4 members (excludes halogenated alkanes) is 14. The maximum Gasteiger partial charge on any atom is 0.472 e. The summed E-state index contributed by atoms with van der Waals surface area (Å²) < 4.78 is 21.8. The topological polar surface area (TPSA) is 181 Å². The molecular formula is C26H57N4O6P. The van der Waals surface area contributed by atoms with E-state index in [9.17, 15) is 14.3 Å². The van der Waals surface area contributed by atoms with Gasteiger partial charge in [-0.05, 0) is 25.7 Å². The van der Waals surface area contributed by atoms with Crippen molar-refractivity contribution in [3.63, 3.8) is 0 Å². The van der Waals surface area contributed by atoms with Crippen LogP contribution in [0.1, 0.15) is 129 Å². The fourth-order valence-corrected chi connectivity index (χ4v) is 4.33. The molecule has 0 fully saturated rings. The second-order valence-electron chi connectivity index (χ2n) is 9.51. The number of guanidine groups is 1. The molecular weight excluding hydrogens is 495 g/mol. The van der Waals surface area contributed by atoms with Crippen LogP contribution < -0.4 is 16.8 Å². The van der Waals surface area contributed by atoms with Gasteiger partial charge in [0.1, 0.15) is 6.04 Å². The Morgan fingerprint density at radius 1 is 0.811 bits per heavy atom. The largest absolute Gasteiger partial charge is 0.480 e. The number of rotatable bonds is 25. The lowest BCUT2D eigenvalue weighted by Gasteiger charge is -2.12. The van der Waals surface area contributed by atoms with Crippen LogP contribution in [0.4, 0.5) is 0 Å². The third-order valence-corrected chi connectivity index (χ3v) is 6.85. The van der Waals surface area contributed by atoms with E-state index in [1.165, 1.54) is 77.0 Å². The van der Waals surface area contributed by atoms with Crippen LogP contribution in [0.25, 0.3) is 0 Å². The highest BCUT2D eigenvalue weighted by Crippen LogP contribution is 2.43. The van der Waals surface area contributed by atoms with Crippen LogP contribution in [-0.2, 0) is 18.4 Å². The average molecular weight is 553 g/mol. The first-order valence-corrected chi connectivity index (χ1v) is 15.8. The number of phosphoric ester groups is 1. The number of nitrogens with one attached hydrogen (secondary N) is 2.